The van der Waals surface area contributed by atoms with Crippen LogP contribution in [0.15, 0.2) is 65.8 Å². The smallest absolute Gasteiger partial charge is 0.265 e. The molecule has 1 aromatic heterocycles. The third-order valence-electron chi connectivity index (χ3n) is 4.96. The maximum atomic E-state index is 13.2. The van der Waals surface area contributed by atoms with Gasteiger partial charge in [-0.3, -0.25) is 9.59 Å². The van der Waals surface area contributed by atoms with Crippen molar-refractivity contribution in [3.8, 4) is 0 Å². The Morgan fingerprint density at radius 2 is 1.70 bits per heavy atom. The van der Waals surface area contributed by atoms with E-state index in [1.54, 1.807) is 6.21 Å². The molecule has 0 fully saturated rings. The van der Waals surface area contributed by atoms with Crippen LogP contribution in [0.25, 0.3) is 0 Å². The van der Waals surface area contributed by atoms with Gasteiger partial charge in [-0.1, -0.05) is 65.8 Å². The average molecular weight is 419 g/mol. The van der Waals surface area contributed by atoms with Gasteiger partial charge < -0.3 is 10.2 Å². The molecule has 0 bridgehead atoms. The van der Waals surface area contributed by atoms with Gasteiger partial charge in [-0.05, 0) is 36.8 Å². The summed E-state index contributed by atoms with van der Waals surface area (Å²) in [6, 6.07) is 18.7. The number of benzene rings is 2. The number of aryl methyl sites for hydroxylation is 1. The highest BCUT2D eigenvalue weighted by Crippen LogP contribution is 2.39. The minimum absolute atomic E-state index is 0.0479. The maximum Gasteiger partial charge on any atom is 0.265 e. The van der Waals surface area contributed by atoms with Crippen molar-refractivity contribution < 1.29 is 14.4 Å². The average Bonchev–Trinajstić information content (AvgIpc) is 3.15. The number of carbonyl (C=O) groups excluding carboxylic acids is 2. The van der Waals surface area contributed by atoms with E-state index in [0.29, 0.717) is 16.1 Å². The summed E-state index contributed by atoms with van der Waals surface area (Å²) in [7, 11) is 0. The van der Waals surface area contributed by atoms with Crippen LogP contribution >= 0.6 is 11.3 Å². The summed E-state index contributed by atoms with van der Waals surface area (Å²) < 4.78 is 0. The fourth-order valence-electron chi connectivity index (χ4n) is 3.52. The topological polar surface area (TPSA) is 67.8 Å². The molecule has 3 aromatic rings. The molecule has 0 radical (unpaired) electrons. The van der Waals surface area contributed by atoms with E-state index in [-0.39, 0.29) is 18.3 Å². The number of thiophene rings is 1. The molecule has 1 N–H and O–H groups in total. The molecule has 5 nitrogen and oxygen atoms in total. The highest BCUT2D eigenvalue weighted by Gasteiger charge is 2.27. The van der Waals surface area contributed by atoms with Crippen molar-refractivity contribution in [1.82, 2.24) is 0 Å². The van der Waals surface area contributed by atoms with Crippen LogP contribution in [-0.4, -0.2) is 24.5 Å². The lowest BCUT2D eigenvalue weighted by molar-refractivity contribution is -0.120. The van der Waals surface area contributed by atoms with Crippen molar-refractivity contribution in [2.45, 2.75) is 25.7 Å². The van der Waals surface area contributed by atoms with Crippen molar-refractivity contribution in [2.75, 3.05) is 11.9 Å². The van der Waals surface area contributed by atoms with Gasteiger partial charge in [0.15, 0.2) is 12.4 Å². The number of anilines is 1. The van der Waals surface area contributed by atoms with Crippen LogP contribution in [0.5, 0.6) is 0 Å². The van der Waals surface area contributed by atoms with Gasteiger partial charge in [0.1, 0.15) is 5.00 Å². The summed E-state index contributed by atoms with van der Waals surface area (Å²) in [5.74, 6) is -0.380. The summed E-state index contributed by atoms with van der Waals surface area (Å²) in [6.07, 6.45) is 5.54. The third-order valence-corrected chi connectivity index (χ3v) is 6.17. The summed E-state index contributed by atoms with van der Waals surface area (Å²) in [5.41, 5.74) is 3.22. The number of ketones is 1. The standard InChI is InChI=1S/C24H22N2O3S/c27-21(16-29-25-15-17-9-3-1-4-10-17)26-24-22(19-13-7-8-14-20(19)30-24)23(28)18-11-5-2-6-12-18/h1-6,9-12,15H,7-8,13-14,16H2,(H,26,27)/b25-15-. The number of nitrogens with one attached hydrogen (secondary N) is 1. The van der Waals surface area contributed by atoms with E-state index in [9.17, 15) is 9.59 Å². The van der Waals surface area contributed by atoms with Gasteiger partial charge in [0, 0.05) is 10.4 Å². The summed E-state index contributed by atoms with van der Waals surface area (Å²) in [5, 5.41) is 7.33. The Morgan fingerprint density at radius 1 is 1.00 bits per heavy atom. The van der Waals surface area contributed by atoms with E-state index in [0.717, 1.165) is 36.8 Å². The zero-order chi connectivity index (χ0) is 20.8. The summed E-state index contributed by atoms with van der Waals surface area (Å²) in [4.78, 5) is 32.0. The van der Waals surface area contributed by atoms with Gasteiger partial charge in [0.2, 0.25) is 0 Å². The minimum Gasteiger partial charge on any atom is -0.386 e. The van der Waals surface area contributed by atoms with Gasteiger partial charge in [-0.15, -0.1) is 11.3 Å². The normalized spacial score (nSPS) is 13.1. The van der Waals surface area contributed by atoms with Gasteiger partial charge in [-0.2, -0.15) is 0 Å². The highest BCUT2D eigenvalue weighted by molar-refractivity contribution is 7.17. The molecule has 1 heterocycles. The van der Waals surface area contributed by atoms with Crippen molar-refractivity contribution in [3.05, 3.63) is 87.8 Å². The van der Waals surface area contributed by atoms with Gasteiger partial charge in [0.05, 0.1) is 11.8 Å². The lowest BCUT2D eigenvalue weighted by Crippen LogP contribution is -2.18. The van der Waals surface area contributed by atoms with Gasteiger partial charge in [0.25, 0.3) is 5.91 Å². The molecule has 6 heteroatoms. The Morgan fingerprint density at radius 3 is 2.47 bits per heavy atom. The SMILES string of the molecule is O=C(CO/N=C\c1ccccc1)Nc1sc2c(c1C(=O)c1ccccc1)CCCC2. The molecule has 1 aliphatic rings. The Balaban J connectivity index is 1.48. The van der Waals surface area contributed by atoms with Crippen LogP contribution in [-0.2, 0) is 22.5 Å². The number of carbonyl (C=O) groups is 2. The molecule has 0 aliphatic heterocycles. The molecule has 0 saturated carbocycles. The molecule has 0 spiro atoms. The Labute approximate surface area is 179 Å². The molecule has 1 aliphatic carbocycles. The summed E-state index contributed by atoms with van der Waals surface area (Å²) >= 11 is 1.50. The fourth-order valence-corrected chi connectivity index (χ4v) is 4.83. The van der Waals surface area contributed by atoms with Crippen molar-refractivity contribution in [2.24, 2.45) is 5.16 Å². The second kappa shape index (κ2) is 9.50. The van der Waals surface area contributed by atoms with Crippen molar-refractivity contribution in [1.29, 1.82) is 0 Å². The number of oxime groups is 1. The lowest BCUT2D eigenvalue weighted by Gasteiger charge is -2.12. The third kappa shape index (κ3) is 4.66. The van der Waals surface area contributed by atoms with Crippen LogP contribution in [0, 0.1) is 0 Å². The van der Waals surface area contributed by atoms with Gasteiger partial charge >= 0.3 is 0 Å². The van der Waals surface area contributed by atoms with E-state index in [4.69, 9.17) is 4.84 Å². The Hall–Kier alpha value is -3.25. The number of rotatable bonds is 7. The fraction of sp³-hybridized carbons (Fsp3) is 0.208. The molecule has 4 rings (SSSR count). The zero-order valence-corrected chi connectivity index (χ0v) is 17.3. The molecule has 152 valence electrons. The van der Waals surface area contributed by atoms with Crippen LogP contribution in [0.1, 0.15) is 44.8 Å². The monoisotopic (exact) mass is 418 g/mol. The van der Waals surface area contributed by atoms with E-state index < -0.39 is 0 Å². The van der Waals surface area contributed by atoms with E-state index in [1.807, 2.05) is 60.7 Å². The van der Waals surface area contributed by atoms with Crippen LogP contribution in [0.4, 0.5) is 5.00 Å². The first-order valence-corrected chi connectivity index (χ1v) is 10.8. The lowest BCUT2D eigenvalue weighted by atomic mass is 9.92. The largest absolute Gasteiger partial charge is 0.386 e. The first-order chi connectivity index (χ1) is 14.7. The van der Waals surface area contributed by atoms with E-state index >= 15 is 0 Å². The molecule has 0 atom stereocenters. The molecule has 2 aromatic carbocycles. The molecule has 0 unspecified atom stereocenters. The first-order valence-electron chi connectivity index (χ1n) is 9.97. The van der Waals surface area contributed by atoms with Crippen molar-refractivity contribution in [3.63, 3.8) is 0 Å². The number of nitrogens with zero attached hydrogens (tertiary/aromatic N) is 1. The molecule has 1 amide bonds. The molecule has 0 saturated heterocycles. The quantitative estimate of drug-likeness (QED) is 0.339. The maximum absolute atomic E-state index is 13.2. The number of hydrogen-bond donors (Lipinski definition) is 1. The molecular weight excluding hydrogens is 396 g/mol. The Bertz CT molecular complexity index is 1060. The van der Waals surface area contributed by atoms with E-state index in [2.05, 4.69) is 10.5 Å². The highest BCUT2D eigenvalue weighted by atomic mass is 32.1. The molecule has 30 heavy (non-hydrogen) atoms. The minimum atomic E-state index is -0.332. The zero-order valence-electron chi connectivity index (χ0n) is 16.5. The summed E-state index contributed by atoms with van der Waals surface area (Å²) in [6.45, 7) is -0.217. The predicted molar refractivity (Wildman–Crippen MR) is 119 cm³/mol. The number of hydrogen-bond acceptors (Lipinski definition) is 5. The van der Waals surface area contributed by atoms with Crippen LogP contribution < -0.4 is 5.32 Å². The second-order valence-corrected chi connectivity index (χ2v) is 8.18. The number of fused-ring (bicyclic) bond motifs is 1. The van der Waals surface area contributed by atoms with Crippen molar-refractivity contribution >= 4 is 34.2 Å². The second-order valence-electron chi connectivity index (χ2n) is 7.08. The first kappa shape index (κ1) is 20.0. The van der Waals surface area contributed by atoms with E-state index in [1.165, 1.54) is 16.2 Å². The van der Waals surface area contributed by atoms with Crippen LogP contribution in [0.2, 0.25) is 0 Å². The number of amides is 1. The predicted octanol–water partition coefficient (Wildman–Crippen LogP) is 4.85. The Kier molecular flexibility index (Phi) is 6.35. The van der Waals surface area contributed by atoms with Crippen LogP contribution in [0.3, 0.4) is 0 Å². The van der Waals surface area contributed by atoms with Gasteiger partial charge in [-0.25, -0.2) is 0 Å². The molecular formula is C24H22N2O3S.